The van der Waals surface area contributed by atoms with Crippen LogP contribution in [-0.4, -0.2) is 35.2 Å². The first-order valence-electron chi connectivity index (χ1n) is 7.92. The number of carbonyl (C=O) groups is 1. The molecule has 0 bridgehead atoms. The standard InChI is InChI=1S/C18H15N7O/c1-13-8-14(2-4-16(13)25-12-20-10-22-25)18(26)23-15-3-5-17(21-9-15)24-7-6-19-11-24/h2-12H,1H3,(H,23,26). The van der Waals surface area contributed by atoms with Gasteiger partial charge in [0, 0.05) is 18.0 Å². The maximum atomic E-state index is 12.5. The number of benzene rings is 1. The van der Waals surface area contributed by atoms with Crippen LogP contribution in [0.2, 0.25) is 0 Å². The third-order valence-corrected chi connectivity index (χ3v) is 3.90. The van der Waals surface area contributed by atoms with E-state index in [9.17, 15) is 4.79 Å². The fraction of sp³-hybridized carbons (Fsp3) is 0.0556. The molecule has 0 saturated carbocycles. The number of nitrogens with one attached hydrogen (secondary N) is 1. The van der Waals surface area contributed by atoms with Gasteiger partial charge in [0.1, 0.15) is 24.8 Å². The van der Waals surface area contributed by atoms with Crippen molar-refractivity contribution in [2.75, 3.05) is 5.32 Å². The zero-order valence-corrected chi connectivity index (χ0v) is 13.9. The zero-order chi connectivity index (χ0) is 17.9. The number of anilines is 1. The minimum Gasteiger partial charge on any atom is -0.321 e. The second-order valence-electron chi connectivity index (χ2n) is 5.67. The van der Waals surface area contributed by atoms with Crippen molar-refractivity contribution >= 4 is 11.6 Å². The second kappa shape index (κ2) is 6.60. The summed E-state index contributed by atoms with van der Waals surface area (Å²) in [6.45, 7) is 1.93. The molecule has 4 rings (SSSR count). The molecule has 26 heavy (non-hydrogen) atoms. The van der Waals surface area contributed by atoms with Gasteiger partial charge in [-0.15, -0.1) is 0 Å². The van der Waals surface area contributed by atoms with Gasteiger partial charge in [0.05, 0.1) is 17.6 Å². The van der Waals surface area contributed by atoms with Crippen LogP contribution in [-0.2, 0) is 0 Å². The molecular formula is C18H15N7O. The van der Waals surface area contributed by atoms with E-state index >= 15 is 0 Å². The summed E-state index contributed by atoms with van der Waals surface area (Å²) in [6, 6.07) is 9.04. The lowest BCUT2D eigenvalue weighted by Crippen LogP contribution is -2.13. The van der Waals surface area contributed by atoms with Gasteiger partial charge in [-0.05, 0) is 42.8 Å². The van der Waals surface area contributed by atoms with Crippen molar-refractivity contribution in [3.63, 3.8) is 0 Å². The monoisotopic (exact) mass is 345 g/mol. The molecule has 0 fully saturated rings. The molecule has 0 radical (unpaired) electrons. The first-order chi connectivity index (χ1) is 12.7. The molecule has 0 aliphatic heterocycles. The van der Waals surface area contributed by atoms with Crippen LogP contribution in [0.1, 0.15) is 15.9 Å². The molecular weight excluding hydrogens is 330 g/mol. The van der Waals surface area contributed by atoms with Crippen molar-refractivity contribution in [2.24, 2.45) is 0 Å². The molecule has 3 heterocycles. The number of amides is 1. The molecule has 1 amide bonds. The molecule has 0 unspecified atom stereocenters. The number of hydrogen-bond acceptors (Lipinski definition) is 5. The summed E-state index contributed by atoms with van der Waals surface area (Å²) in [6.07, 6.45) is 9.86. The maximum absolute atomic E-state index is 12.5. The van der Waals surface area contributed by atoms with Crippen molar-refractivity contribution in [1.82, 2.24) is 29.3 Å². The average molecular weight is 345 g/mol. The second-order valence-corrected chi connectivity index (χ2v) is 5.67. The quantitative estimate of drug-likeness (QED) is 0.613. The number of aromatic nitrogens is 6. The molecule has 0 aliphatic carbocycles. The van der Waals surface area contributed by atoms with E-state index in [1.54, 1.807) is 52.6 Å². The van der Waals surface area contributed by atoms with E-state index < -0.39 is 0 Å². The Hall–Kier alpha value is -3.81. The Bertz CT molecular complexity index is 1020. The fourth-order valence-corrected chi connectivity index (χ4v) is 2.60. The summed E-state index contributed by atoms with van der Waals surface area (Å²) < 4.78 is 3.45. The van der Waals surface area contributed by atoms with Crippen LogP contribution in [0, 0.1) is 6.92 Å². The highest BCUT2D eigenvalue weighted by atomic mass is 16.1. The highest BCUT2D eigenvalue weighted by Gasteiger charge is 2.10. The van der Waals surface area contributed by atoms with Gasteiger partial charge >= 0.3 is 0 Å². The lowest BCUT2D eigenvalue weighted by Gasteiger charge is -2.09. The van der Waals surface area contributed by atoms with Crippen LogP contribution in [0.3, 0.4) is 0 Å². The summed E-state index contributed by atoms with van der Waals surface area (Å²) >= 11 is 0. The van der Waals surface area contributed by atoms with Crippen LogP contribution in [0.15, 0.2) is 67.9 Å². The van der Waals surface area contributed by atoms with Gasteiger partial charge in [0.2, 0.25) is 0 Å². The summed E-state index contributed by atoms with van der Waals surface area (Å²) in [7, 11) is 0. The normalized spacial score (nSPS) is 10.7. The molecule has 0 atom stereocenters. The third-order valence-electron chi connectivity index (χ3n) is 3.90. The first kappa shape index (κ1) is 15.7. The number of carbonyl (C=O) groups excluding carboxylic acids is 1. The number of nitrogens with zero attached hydrogens (tertiary/aromatic N) is 6. The van der Waals surface area contributed by atoms with Gasteiger partial charge in [-0.25, -0.2) is 19.6 Å². The SMILES string of the molecule is Cc1cc(C(=O)Nc2ccc(-n3ccnc3)nc2)ccc1-n1cncn1. The third kappa shape index (κ3) is 3.07. The van der Waals surface area contributed by atoms with Gasteiger partial charge < -0.3 is 5.32 Å². The molecule has 3 aromatic heterocycles. The van der Waals surface area contributed by atoms with Gasteiger partial charge in [0.15, 0.2) is 0 Å². The molecule has 0 spiro atoms. The average Bonchev–Trinajstić information content (AvgIpc) is 3.36. The molecule has 0 aliphatic rings. The smallest absolute Gasteiger partial charge is 0.255 e. The Labute approximate surface area is 149 Å². The number of aryl methyl sites for hydroxylation is 1. The molecule has 8 nitrogen and oxygen atoms in total. The van der Waals surface area contributed by atoms with Crippen LogP contribution < -0.4 is 5.32 Å². The van der Waals surface area contributed by atoms with Gasteiger partial charge in [-0.1, -0.05) is 0 Å². The van der Waals surface area contributed by atoms with Crippen LogP contribution in [0.25, 0.3) is 11.5 Å². The Kier molecular flexibility index (Phi) is 3.98. The number of imidazole rings is 1. The topological polar surface area (TPSA) is 90.5 Å². The van der Waals surface area contributed by atoms with Crippen molar-refractivity contribution < 1.29 is 4.79 Å². The minimum absolute atomic E-state index is 0.199. The molecule has 0 saturated heterocycles. The Morgan fingerprint density at radius 3 is 2.69 bits per heavy atom. The van der Waals surface area contributed by atoms with E-state index in [1.807, 2.05) is 25.1 Å². The minimum atomic E-state index is -0.199. The Morgan fingerprint density at radius 2 is 2.04 bits per heavy atom. The summed E-state index contributed by atoms with van der Waals surface area (Å²) in [5.74, 6) is 0.531. The van der Waals surface area contributed by atoms with Gasteiger partial charge in [-0.3, -0.25) is 9.36 Å². The van der Waals surface area contributed by atoms with Crippen LogP contribution in [0.5, 0.6) is 0 Å². The number of pyridine rings is 1. The molecule has 4 aromatic rings. The summed E-state index contributed by atoms with van der Waals surface area (Å²) in [5, 5.41) is 6.96. The summed E-state index contributed by atoms with van der Waals surface area (Å²) in [5.41, 5.74) is 2.99. The molecule has 128 valence electrons. The van der Waals surface area contributed by atoms with Gasteiger partial charge in [0.25, 0.3) is 5.91 Å². The van der Waals surface area contributed by atoms with Crippen molar-refractivity contribution in [3.05, 3.63) is 79.0 Å². The van der Waals surface area contributed by atoms with E-state index in [0.29, 0.717) is 11.3 Å². The van der Waals surface area contributed by atoms with Crippen LogP contribution in [0.4, 0.5) is 5.69 Å². The van der Waals surface area contributed by atoms with Crippen molar-refractivity contribution in [1.29, 1.82) is 0 Å². The number of hydrogen-bond donors (Lipinski definition) is 1. The van der Waals surface area contributed by atoms with E-state index in [4.69, 9.17) is 0 Å². The van der Waals surface area contributed by atoms with E-state index in [2.05, 4.69) is 25.4 Å². The van der Waals surface area contributed by atoms with E-state index in [0.717, 1.165) is 17.1 Å². The largest absolute Gasteiger partial charge is 0.321 e. The zero-order valence-electron chi connectivity index (χ0n) is 13.9. The molecule has 1 N–H and O–H groups in total. The van der Waals surface area contributed by atoms with Crippen molar-refractivity contribution in [2.45, 2.75) is 6.92 Å². The van der Waals surface area contributed by atoms with Gasteiger partial charge in [-0.2, -0.15) is 5.10 Å². The predicted molar refractivity (Wildman–Crippen MR) is 95.4 cm³/mol. The van der Waals surface area contributed by atoms with E-state index in [-0.39, 0.29) is 5.91 Å². The first-order valence-corrected chi connectivity index (χ1v) is 7.92. The highest BCUT2D eigenvalue weighted by molar-refractivity contribution is 6.04. The molecule has 8 heteroatoms. The predicted octanol–water partition coefficient (Wildman–Crippen LogP) is 2.41. The van der Waals surface area contributed by atoms with Crippen LogP contribution >= 0.6 is 0 Å². The fourth-order valence-electron chi connectivity index (χ4n) is 2.60. The lowest BCUT2D eigenvalue weighted by atomic mass is 10.1. The van der Waals surface area contributed by atoms with E-state index in [1.165, 1.54) is 6.33 Å². The highest BCUT2D eigenvalue weighted by Crippen LogP contribution is 2.16. The number of rotatable bonds is 4. The Balaban J connectivity index is 1.50. The Morgan fingerprint density at radius 1 is 1.12 bits per heavy atom. The summed E-state index contributed by atoms with van der Waals surface area (Å²) in [4.78, 5) is 24.7. The lowest BCUT2D eigenvalue weighted by molar-refractivity contribution is 0.102. The maximum Gasteiger partial charge on any atom is 0.255 e. The molecule has 1 aromatic carbocycles. The van der Waals surface area contributed by atoms with Crippen molar-refractivity contribution in [3.8, 4) is 11.5 Å².